The number of hydrogen-bond acceptors (Lipinski definition) is 11. The maximum absolute atomic E-state index is 12.7. The number of ketones is 1. The molecule has 4 atom stereocenters. The van der Waals surface area contributed by atoms with Crippen molar-refractivity contribution in [2.45, 2.75) is 95.3 Å². The van der Waals surface area contributed by atoms with Crippen LogP contribution in [0, 0.1) is 11.8 Å². The molecule has 298 valence electrons. The number of alkyl carbamates (subject to hydrolysis) is 1. The lowest BCUT2D eigenvalue weighted by Crippen LogP contribution is -2.38. The van der Waals surface area contributed by atoms with Gasteiger partial charge in [0.25, 0.3) is 0 Å². The van der Waals surface area contributed by atoms with E-state index in [4.69, 9.17) is 24.6 Å². The third-order valence-electron chi connectivity index (χ3n) is 8.90. The van der Waals surface area contributed by atoms with E-state index in [0.29, 0.717) is 32.2 Å². The summed E-state index contributed by atoms with van der Waals surface area (Å²) in [5, 5.41) is 36.9. The van der Waals surface area contributed by atoms with Gasteiger partial charge in [0.15, 0.2) is 0 Å². The molecule has 2 amide bonds. The number of β-amino-alcohol motifs (C(OH)–C–C–N with tert-alkyl or cyclic N) is 1. The van der Waals surface area contributed by atoms with Gasteiger partial charge in [0.05, 0.1) is 45.2 Å². The molecular formula is C39H55N2O12P. The number of nitrogens with one attached hydrogen (secondary N) is 1. The average Bonchev–Trinajstić information content (AvgIpc) is 3.55. The van der Waals surface area contributed by atoms with Gasteiger partial charge in [-0.05, 0) is 49.8 Å². The highest BCUT2D eigenvalue weighted by Gasteiger charge is 2.36. The van der Waals surface area contributed by atoms with Crippen LogP contribution in [0.25, 0.3) is 0 Å². The van der Waals surface area contributed by atoms with Crippen molar-refractivity contribution < 1.29 is 58.1 Å². The Morgan fingerprint density at radius 3 is 2.15 bits per heavy atom. The summed E-state index contributed by atoms with van der Waals surface area (Å²) in [4.78, 5) is 48.9. The fraction of sp³-hybridized carbons (Fsp3) is 0.564. The number of aliphatic hydroxyl groups excluding tert-OH is 4. The molecule has 14 nitrogen and oxygen atoms in total. The number of nitrogens with zero attached hydrogens (tertiary/aromatic N) is 1. The van der Waals surface area contributed by atoms with Gasteiger partial charge >= 0.3 is 13.9 Å². The summed E-state index contributed by atoms with van der Waals surface area (Å²) in [7, 11) is -4.35. The van der Waals surface area contributed by atoms with E-state index in [9.17, 15) is 28.9 Å². The van der Waals surface area contributed by atoms with Crippen molar-refractivity contribution >= 4 is 25.6 Å². The van der Waals surface area contributed by atoms with Crippen molar-refractivity contribution in [2.75, 3.05) is 46.1 Å². The Morgan fingerprint density at radius 1 is 0.815 bits per heavy atom. The van der Waals surface area contributed by atoms with Crippen LogP contribution in [-0.2, 0) is 34.4 Å². The lowest BCUT2D eigenvalue weighted by molar-refractivity contribution is -0.133. The Morgan fingerprint density at radius 2 is 1.44 bits per heavy atom. The lowest BCUT2D eigenvalue weighted by Gasteiger charge is -2.25. The number of benzene rings is 2. The van der Waals surface area contributed by atoms with Gasteiger partial charge in [-0.15, -0.1) is 0 Å². The first-order valence-corrected chi connectivity index (χ1v) is 20.1. The number of hydrogen-bond donors (Lipinski definition) is 6. The van der Waals surface area contributed by atoms with Crippen LogP contribution in [0.15, 0.2) is 48.5 Å². The second kappa shape index (κ2) is 24.7. The zero-order valence-electron chi connectivity index (χ0n) is 30.8. The monoisotopic (exact) mass is 774 g/mol. The van der Waals surface area contributed by atoms with Crippen LogP contribution in [0.1, 0.15) is 99.0 Å². The first-order chi connectivity index (χ1) is 26.1. The number of carbonyl (C=O) groups excluding carboxylic acids is 3. The molecule has 0 radical (unpaired) electrons. The van der Waals surface area contributed by atoms with Crippen LogP contribution in [0.4, 0.5) is 4.79 Å². The van der Waals surface area contributed by atoms with Gasteiger partial charge in [-0.1, -0.05) is 67.5 Å². The van der Waals surface area contributed by atoms with E-state index in [1.165, 1.54) is 4.90 Å². The number of phosphoric acid groups is 1. The number of aliphatic hydroxyl groups is 4. The molecule has 54 heavy (non-hydrogen) atoms. The smallest absolute Gasteiger partial charge is 0.441 e. The van der Waals surface area contributed by atoms with Gasteiger partial charge in [-0.25, -0.2) is 9.36 Å². The molecule has 6 N–H and O–H groups in total. The van der Waals surface area contributed by atoms with Gasteiger partial charge in [-0.2, -0.15) is 0 Å². The van der Waals surface area contributed by atoms with Crippen molar-refractivity contribution in [3.63, 3.8) is 0 Å². The predicted octanol–water partition coefficient (Wildman–Crippen LogP) is 3.94. The first-order valence-electron chi connectivity index (χ1n) is 18.6. The molecule has 0 aromatic heterocycles. The number of ether oxygens (including phenoxy) is 1. The second-order valence-corrected chi connectivity index (χ2v) is 14.6. The minimum absolute atomic E-state index is 0.125. The van der Waals surface area contributed by atoms with E-state index in [1.807, 2.05) is 48.5 Å². The molecule has 4 rings (SSSR count). The zero-order valence-corrected chi connectivity index (χ0v) is 31.7. The van der Waals surface area contributed by atoms with E-state index < -0.39 is 38.8 Å². The normalized spacial score (nSPS) is 18.3. The largest absolute Gasteiger partial charge is 0.472 e. The fourth-order valence-electron chi connectivity index (χ4n) is 6.20. The minimum atomic E-state index is -4.35. The SMILES string of the molecule is O=C(CCCCCCC(=O)N1C[C@H](O)C[C@H]1COP(=O)(O)OCCO)CCCCCNC(=O)OC1Cc2ccccc2C#Cc2ccccc21.OCCO. The Labute approximate surface area is 317 Å². The molecule has 2 aromatic carbocycles. The van der Waals surface area contributed by atoms with Gasteiger partial charge in [-0.3, -0.25) is 18.6 Å². The highest BCUT2D eigenvalue weighted by atomic mass is 31.2. The number of fused-ring (bicyclic) bond motifs is 2. The van der Waals surface area contributed by atoms with Crippen LogP contribution >= 0.6 is 7.82 Å². The molecule has 15 heteroatoms. The molecule has 1 fully saturated rings. The van der Waals surface area contributed by atoms with Gasteiger partial charge in [0.1, 0.15) is 11.9 Å². The summed E-state index contributed by atoms with van der Waals surface area (Å²) in [6.07, 6.45) is 5.66. The standard InChI is InChI=1S/C37H49N2O10P.C2H6O2/c40-22-23-47-50(45,46)48-27-31-25-33(42)26-39(31)36(43)18-6-2-1-4-15-32(41)16-5-3-11-21-38-37(44)49-35-24-30-14-8-7-12-28(30)19-20-29-13-9-10-17-34(29)35;3-1-2-4/h7-10,12-14,17,31,33,35,40,42H,1-6,11,15-16,18,21-27H2,(H,38,44)(H,45,46);3-4H,1-2H2/t31-,33+,35?;/m0./s1. The predicted molar refractivity (Wildman–Crippen MR) is 200 cm³/mol. The number of Topliss-reactive ketones (excluding diaryl/α,β-unsaturated/α-hetero) is 1. The molecule has 0 bridgehead atoms. The molecule has 1 aliphatic carbocycles. The van der Waals surface area contributed by atoms with E-state index in [-0.39, 0.29) is 57.5 Å². The van der Waals surface area contributed by atoms with E-state index >= 15 is 0 Å². The van der Waals surface area contributed by atoms with E-state index in [2.05, 4.69) is 21.7 Å². The Kier molecular flexibility index (Phi) is 20.5. The van der Waals surface area contributed by atoms with Crippen molar-refractivity contribution in [3.8, 4) is 11.8 Å². The van der Waals surface area contributed by atoms with Crippen molar-refractivity contribution in [3.05, 3.63) is 70.8 Å². The molecule has 2 aromatic rings. The third kappa shape index (κ3) is 16.4. The number of likely N-dealkylation sites (tertiary alicyclic amines) is 1. The molecule has 1 heterocycles. The fourth-order valence-corrected chi connectivity index (χ4v) is 6.94. The highest BCUT2D eigenvalue weighted by molar-refractivity contribution is 7.47. The molecule has 1 aliphatic heterocycles. The van der Waals surface area contributed by atoms with Crippen LogP contribution in [0.3, 0.4) is 0 Å². The summed E-state index contributed by atoms with van der Waals surface area (Å²) in [5.74, 6) is 6.49. The Hall–Kier alpha value is -3.64. The maximum Gasteiger partial charge on any atom is 0.472 e. The van der Waals surface area contributed by atoms with E-state index in [0.717, 1.165) is 60.8 Å². The van der Waals surface area contributed by atoms with Crippen LogP contribution in [0.2, 0.25) is 0 Å². The van der Waals surface area contributed by atoms with Crippen LogP contribution in [0.5, 0.6) is 0 Å². The quantitative estimate of drug-likeness (QED) is 0.0605. The Bertz CT molecular complexity index is 1580. The molecule has 0 spiro atoms. The summed E-state index contributed by atoms with van der Waals surface area (Å²) < 4.78 is 27.3. The maximum atomic E-state index is 12.7. The summed E-state index contributed by atoms with van der Waals surface area (Å²) >= 11 is 0. The van der Waals surface area contributed by atoms with Crippen molar-refractivity contribution in [1.29, 1.82) is 0 Å². The molecule has 0 saturated carbocycles. The number of unbranched alkanes of at least 4 members (excludes halogenated alkanes) is 5. The summed E-state index contributed by atoms with van der Waals surface area (Å²) in [6.45, 7) is -0.691. The number of rotatable bonds is 21. The third-order valence-corrected chi connectivity index (χ3v) is 9.88. The van der Waals surface area contributed by atoms with Crippen molar-refractivity contribution in [1.82, 2.24) is 10.2 Å². The van der Waals surface area contributed by atoms with Gasteiger partial charge in [0, 0.05) is 55.5 Å². The average molecular weight is 775 g/mol. The lowest BCUT2D eigenvalue weighted by atomic mass is 9.92. The van der Waals surface area contributed by atoms with Crippen LogP contribution < -0.4 is 5.32 Å². The number of carbonyl (C=O) groups is 3. The molecule has 1 saturated heterocycles. The number of amides is 2. The molecule has 2 unspecified atom stereocenters. The highest BCUT2D eigenvalue weighted by Crippen LogP contribution is 2.43. The summed E-state index contributed by atoms with van der Waals surface area (Å²) in [6, 6.07) is 15.1. The number of phosphoric ester groups is 1. The van der Waals surface area contributed by atoms with Crippen molar-refractivity contribution in [2.24, 2.45) is 0 Å². The zero-order chi connectivity index (χ0) is 39.2. The molecular weight excluding hydrogens is 719 g/mol. The topological polar surface area (TPSA) is 212 Å². The Balaban J connectivity index is 0.00000186. The van der Waals surface area contributed by atoms with E-state index in [1.54, 1.807) is 0 Å². The molecule has 2 aliphatic rings. The summed E-state index contributed by atoms with van der Waals surface area (Å²) in [5.41, 5.74) is 3.71. The van der Waals surface area contributed by atoms with Gasteiger partial charge < -0.3 is 40.3 Å². The second-order valence-electron chi connectivity index (χ2n) is 13.1. The first kappa shape index (κ1) is 44.8. The van der Waals surface area contributed by atoms with Crippen LogP contribution in [-0.4, -0.2) is 106 Å². The minimum Gasteiger partial charge on any atom is -0.441 e. The van der Waals surface area contributed by atoms with Gasteiger partial charge in [0.2, 0.25) is 5.91 Å².